The number of fused-ring (bicyclic) bond motifs is 2. The summed E-state index contributed by atoms with van der Waals surface area (Å²) in [7, 11) is 0. The number of hydrogen-bond acceptors (Lipinski definition) is 3. The molecule has 1 amide bonds. The Labute approximate surface area is 99.4 Å². The van der Waals surface area contributed by atoms with Gasteiger partial charge in [-0.3, -0.25) is 9.79 Å². The van der Waals surface area contributed by atoms with Gasteiger partial charge in [0.05, 0.1) is 17.4 Å². The Kier molecular flexibility index (Phi) is 2.21. The van der Waals surface area contributed by atoms with E-state index in [1.807, 2.05) is 41.5 Å². The molecule has 0 fully saturated rings. The van der Waals surface area contributed by atoms with Crippen molar-refractivity contribution in [2.24, 2.45) is 10.7 Å². The smallest absolute Gasteiger partial charge is 0.264 e. The minimum Gasteiger partial charge on any atom is -0.364 e. The van der Waals surface area contributed by atoms with Crippen LogP contribution in [0.5, 0.6) is 0 Å². The van der Waals surface area contributed by atoms with E-state index in [1.54, 1.807) is 0 Å². The maximum atomic E-state index is 11.3. The van der Waals surface area contributed by atoms with Gasteiger partial charge in [-0.15, -0.1) is 0 Å². The van der Waals surface area contributed by atoms with E-state index in [0.717, 1.165) is 17.7 Å². The fourth-order valence-corrected chi connectivity index (χ4v) is 2.36. The Bertz CT molecular complexity index is 533. The molecule has 1 atom stereocenters. The van der Waals surface area contributed by atoms with Crippen molar-refractivity contribution in [3.05, 3.63) is 41.6 Å². The van der Waals surface area contributed by atoms with Crippen LogP contribution in [-0.2, 0) is 11.3 Å². The van der Waals surface area contributed by atoms with Crippen LogP contribution in [-0.4, -0.2) is 23.1 Å². The Morgan fingerprint density at radius 2 is 2.24 bits per heavy atom. The normalized spacial score (nSPS) is 21.5. The summed E-state index contributed by atoms with van der Waals surface area (Å²) in [6, 6.07) is 8.13. The third-order valence-corrected chi connectivity index (χ3v) is 3.23. The van der Waals surface area contributed by atoms with Gasteiger partial charge in [-0.25, -0.2) is 0 Å². The van der Waals surface area contributed by atoms with Crippen molar-refractivity contribution in [2.75, 3.05) is 0 Å². The molecule has 0 bridgehead atoms. The molecule has 1 unspecified atom stereocenters. The zero-order chi connectivity index (χ0) is 11.8. The van der Waals surface area contributed by atoms with Crippen LogP contribution in [0.15, 0.2) is 41.0 Å². The fourth-order valence-electron chi connectivity index (χ4n) is 2.36. The van der Waals surface area contributed by atoms with Gasteiger partial charge in [0.1, 0.15) is 0 Å². The molecular weight excluding hydrogens is 214 g/mol. The molecule has 17 heavy (non-hydrogen) atoms. The first kappa shape index (κ1) is 10.1. The number of benzene rings is 1. The lowest BCUT2D eigenvalue weighted by Crippen LogP contribution is -2.34. The predicted molar refractivity (Wildman–Crippen MR) is 65.8 cm³/mol. The molecule has 1 aromatic carbocycles. The van der Waals surface area contributed by atoms with Crippen LogP contribution in [0, 0.1) is 0 Å². The number of para-hydroxylation sites is 1. The molecule has 0 radical (unpaired) electrons. The van der Waals surface area contributed by atoms with E-state index in [-0.39, 0.29) is 11.9 Å². The van der Waals surface area contributed by atoms with Crippen molar-refractivity contribution in [1.29, 1.82) is 0 Å². The molecule has 2 aliphatic heterocycles. The highest BCUT2D eigenvalue weighted by Crippen LogP contribution is 2.30. The number of aliphatic imine (C=N–C) groups is 1. The molecular formula is C13H13N3O. The van der Waals surface area contributed by atoms with E-state index in [0.29, 0.717) is 12.2 Å². The van der Waals surface area contributed by atoms with Crippen molar-refractivity contribution < 1.29 is 4.79 Å². The number of carbonyl (C=O) groups is 1. The van der Waals surface area contributed by atoms with Gasteiger partial charge in [0, 0.05) is 12.8 Å². The zero-order valence-electron chi connectivity index (χ0n) is 9.34. The summed E-state index contributed by atoms with van der Waals surface area (Å²) in [4.78, 5) is 17.8. The summed E-state index contributed by atoms with van der Waals surface area (Å²) in [6.45, 7) is 0.690. The molecule has 0 aromatic heterocycles. The first-order valence-electron chi connectivity index (χ1n) is 5.64. The van der Waals surface area contributed by atoms with E-state index >= 15 is 0 Å². The average Bonchev–Trinajstić information content (AvgIpc) is 2.63. The topological polar surface area (TPSA) is 58.7 Å². The molecule has 3 rings (SSSR count). The summed E-state index contributed by atoms with van der Waals surface area (Å²) >= 11 is 0. The Balaban J connectivity index is 2.00. The van der Waals surface area contributed by atoms with Crippen LogP contribution < -0.4 is 5.73 Å². The van der Waals surface area contributed by atoms with Gasteiger partial charge < -0.3 is 10.6 Å². The number of hydrogen-bond donors (Lipinski definition) is 1. The largest absolute Gasteiger partial charge is 0.364 e. The lowest BCUT2D eigenvalue weighted by atomic mass is 10.1. The second-order valence-electron chi connectivity index (χ2n) is 4.29. The van der Waals surface area contributed by atoms with Crippen LogP contribution in [0.2, 0.25) is 0 Å². The molecule has 4 nitrogen and oxygen atoms in total. The van der Waals surface area contributed by atoms with Crippen LogP contribution in [0.25, 0.3) is 0 Å². The maximum absolute atomic E-state index is 11.3. The molecule has 1 aromatic rings. The third-order valence-electron chi connectivity index (χ3n) is 3.23. The van der Waals surface area contributed by atoms with Crippen LogP contribution in [0.3, 0.4) is 0 Å². The van der Waals surface area contributed by atoms with Gasteiger partial charge in [0.2, 0.25) is 0 Å². The third kappa shape index (κ3) is 1.62. The minimum atomic E-state index is -0.361. The van der Waals surface area contributed by atoms with Gasteiger partial charge in [-0.1, -0.05) is 24.3 Å². The second-order valence-corrected chi connectivity index (χ2v) is 4.29. The second kappa shape index (κ2) is 3.73. The Morgan fingerprint density at radius 1 is 1.41 bits per heavy atom. The maximum Gasteiger partial charge on any atom is 0.264 e. The number of nitrogens with zero attached hydrogens (tertiary/aromatic N) is 2. The molecule has 0 saturated heterocycles. The highest BCUT2D eigenvalue weighted by atomic mass is 16.1. The summed E-state index contributed by atoms with van der Waals surface area (Å²) in [5.41, 5.74) is 8.09. The Hall–Kier alpha value is -2.10. The molecule has 4 heteroatoms. The van der Waals surface area contributed by atoms with Crippen molar-refractivity contribution in [1.82, 2.24) is 4.90 Å². The zero-order valence-corrected chi connectivity index (χ0v) is 9.34. The van der Waals surface area contributed by atoms with Crippen molar-refractivity contribution in [3.8, 4) is 0 Å². The van der Waals surface area contributed by atoms with Gasteiger partial charge in [-0.05, 0) is 18.1 Å². The SMILES string of the molecule is NC(=O)C1=CCC2C=Nc3ccccc3CN12. The highest BCUT2D eigenvalue weighted by molar-refractivity contribution is 5.93. The van der Waals surface area contributed by atoms with E-state index in [4.69, 9.17) is 5.73 Å². The summed E-state index contributed by atoms with van der Waals surface area (Å²) in [5, 5.41) is 0. The lowest BCUT2D eigenvalue weighted by Gasteiger charge is -2.24. The number of amides is 1. The standard InChI is InChI=1S/C13H13N3O/c14-13(17)12-6-5-10-7-15-11-4-2-1-3-9(11)8-16(10)12/h1-4,6-7,10H,5,8H2,(H2,14,17). The lowest BCUT2D eigenvalue weighted by molar-refractivity contribution is -0.116. The van der Waals surface area contributed by atoms with Gasteiger partial charge in [0.25, 0.3) is 5.91 Å². The van der Waals surface area contributed by atoms with Crippen LogP contribution in [0.4, 0.5) is 5.69 Å². The summed E-state index contributed by atoms with van der Waals surface area (Å²) in [6.07, 6.45) is 4.60. The molecule has 0 saturated carbocycles. The minimum absolute atomic E-state index is 0.157. The van der Waals surface area contributed by atoms with Crippen LogP contribution >= 0.6 is 0 Å². The van der Waals surface area contributed by atoms with Crippen molar-refractivity contribution in [2.45, 2.75) is 19.0 Å². The van der Waals surface area contributed by atoms with E-state index in [1.165, 1.54) is 0 Å². The molecule has 0 spiro atoms. The van der Waals surface area contributed by atoms with Gasteiger partial charge in [-0.2, -0.15) is 0 Å². The van der Waals surface area contributed by atoms with Crippen molar-refractivity contribution in [3.63, 3.8) is 0 Å². The van der Waals surface area contributed by atoms with Gasteiger partial charge in [0.15, 0.2) is 0 Å². The van der Waals surface area contributed by atoms with E-state index in [9.17, 15) is 4.79 Å². The molecule has 86 valence electrons. The summed E-state index contributed by atoms with van der Waals surface area (Å²) < 4.78 is 0. The van der Waals surface area contributed by atoms with E-state index < -0.39 is 0 Å². The highest BCUT2D eigenvalue weighted by Gasteiger charge is 2.29. The number of nitrogens with two attached hydrogens (primary N) is 1. The van der Waals surface area contributed by atoms with E-state index in [2.05, 4.69) is 4.99 Å². The summed E-state index contributed by atoms with van der Waals surface area (Å²) in [5.74, 6) is -0.361. The molecule has 2 heterocycles. The van der Waals surface area contributed by atoms with Crippen LogP contribution in [0.1, 0.15) is 12.0 Å². The fraction of sp³-hybridized carbons (Fsp3) is 0.231. The first-order chi connectivity index (χ1) is 8.25. The predicted octanol–water partition coefficient (Wildman–Crippen LogP) is 1.35. The molecule has 2 aliphatic rings. The quantitative estimate of drug-likeness (QED) is 0.787. The first-order valence-corrected chi connectivity index (χ1v) is 5.64. The van der Waals surface area contributed by atoms with Crippen molar-refractivity contribution >= 4 is 17.8 Å². The molecule has 2 N–H and O–H groups in total. The number of rotatable bonds is 1. The average molecular weight is 227 g/mol. The molecule has 0 aliphatic carbocycles. The monoisotopic (exact) mass is 227 g/mol. The number of primary amides is 1. The number of carbonyl (C=O) groups excluding carboxylic acids is 1. The van der Waals surface area contributed by atoms with Gasteiger partial charge >= 0.3 is 0 Å². The Morgan fingerprint density at radius 3 is 3.06 bits per heavy atom.